The van der Waals surface area contributed by atoms with Gasteiger partial charge in [0.15, 0.2) is 0 Å². The number of pyridine rings is 1. The van der Waals surface area contributed by atoms with E-state index in [1.54, 1.807) is 6.20 Å². The molecule has 1 saturated heterocycles. The maximum atomic E-state index is 5.28. The van der Waals surface area contributed by atoms with Gasteiger partial charge in [-0.15, -0.1) is 0 Å². The minimum Gasteiger partial charge on any atom is -0.368 e. The van der Waals surface area contributed by atoms with Gasteiger partial charge in [0.05, 0.1) is 24.5 Å². The van der Waals surface area contributed by atoms with E-state index in [0.29, 0.717) is 13.3 Å². The van der Waals surface area contributed by atoms with Gasteiger partial charge in [0.2, 0.25) is 0 Å². The van der Waals surface area contributed by atoms with Crippen LogP contribution in [0, 0.1) is 0 Å². The molecule has 4 heterocycles. The van der Waals surface area contributed by atoms with Crippen LogP contribution in [-0.2, 0) is 4.74 Å². The van der Waals surface area contributed by atoms with Gasteiger partial charge in [0.1, 0.15) is 11.9 Å². The Labute approximate surface area is 121 Å². The van der Waals surface area contributed by atoms with Gasteiger partial charge in [-0.25, -0.2) is 4.52 Å². The number of hydrogen-bond acceptors (Lipinski definition) is 5. The first-order valence-corrected chi connectivity index (χ1v) is 6.87. The van der Waals surface area contributed by atoms with Crippen molar-refractivity contribution < 1.29 is 4.74 Å². The molecule has 0 saturated carbocycles. The standard InChI is InChI=1S/C15H15N5O/c1-2-12-3-4-13(19-20(12)7-1)14-8-11(5-6-16-14)18-15-9-21-10-17-15/h1-8,15,17H,9-10H2,(H,16,18). The minimum absolute atomic E-state index is 0.139. The van der Waals surface area contributed by atoms with Crippen LogP contribution in [0.1, 0.15) is 0 Å². The summed E-state index contributed by atoms with van der Waals surface area (Å²) in [4.78, 5) is 4.41. The molecule has 4 rings (SSSR count). The summed E-state index contributed by atoms with van der Waals surface area (Å²) in [7, 11) is 0. The van der Waals surface area contributed by atoms with Crippen LogP contribution in [-0.4, -0.2) is 34.1 Å². The third kappa shape index (κ3) is 2.46. The molecule has 0 amide bonds. The van der Waals surface area contributed by atoms with E-state index in [9.17, 15) is 0 Å². The molecule has 3 aromatic heterocycles. The molecule has 6 heteroatoms. The van der Waals surface area contributed by atoms with Crippen LogP contribution in [0.5, 0.6) is 0 Å². The average molecular weight is 281 g/mol. The van der Waals surface area contributed by atoms with Crippen LogP contribution in [0.4, 0.5) is 5.69 Å². The lowest BCUT2D eigenvalue weighted by atomic mass is 10.2. The number of aromatic nitrogens is 3. The topological polar surface area (TPSA) is 63.5 Å². The Morgan fingerprint density at radius 3 is 3.14 bits per heavy atom. The summed E-state index contributed by atoms with van der Waals surface area (Å²) >= 11 is 0. The molecular weight excluding hydrogens is 266 g/mol. The van der Waals surface area contributed by atoms with E-state index in [1.807, 2.05) is 47.1 Å². The number of hydrogen-bond donors (Lipinski definition) is 2. The number of ether oxygens (including phenoxy) is 1. The highest BCUT2D eigenvalue weighted by atomic mass is 16.5. The molecule has 21 heavy (non-hydrogen) atoms. The number of nitrogens with one attached hydrogen (secondary N) is 2. The van der Waals surface area contributed by atoms with E-state index < -0.39 is 0 Å². The largest absolute Gasteiger partial charge is 0.368 e. The predicted molar refractivity (Wildman–Crippen MR) is 79.8 cm³/mol. The molecule has 6 nitrogen and oxygen atoms in total. The predicted octanol–water partition coefficient (Wildman–Crippen LogP) is 1.71. The highest BCUT2D eigenvalue weighted by molar-refractivity contribution is 5.62. The molecule has 0 radical (unpaired) electrons. The van der Waals surface area contributed by atoms with Gasteiger partial charge >= 0.3 is 0 Å². The van der Waals surface area contributed by atoms with Gasteiger partial charge < -0.3 is 10.1 Å². The quantitative estimate of drug-likeness (QED) is 0.765. The van der Waals surface area contributed by atoms with Crippen molar-refractivity contribution in [3.05, 3.63) is 48.8 Å². The molecule has 2 N–H and O–H groups in total. The number of nitrogens with zero attached hydrogens (tertiary/aromatic N) is 3. The van der Waals surface area contributed by atoms with E-state index in [4.69, 9.17) is 4.74 Å². The second-order valence-electron chi connectivity index (χ2n) is 4.94. The molecular formula is C15H15N5O. The minimum atomic E-state index is 0.139. The SMILES string of the molecule is c1cc2ccc(-c3cc(NC4COCN4)ccn3)nn2c1. The van der Waals surface area contributed by atoms with E-state index in [1.165, 1.54) is 0 Å². The summed E-state index contributed by atoms with van der Waals surface area (Å²) in [6.45, 7) is 1.24. The summed E-state index contributed by atoms with van der Waals surface area (Å²) in [6.07, 6.45) is 3.86. The lowest BCUT2D eigenvalue weighted by molar-refractivity contribution is 0.191. The highest BCUT2D eigenvalue weighted by Gasteiger charge is 2.14. The Morgan fingerprint density at radius 1 is 1.24 bits per heavy atom. The zero-order valence-corrected chi connectivity index (χ0v) is 11.4. The van der Waals surface area contributed by atoms with Gasteiger partial charge in [-0.3, -0.25) is 10.3 Å². The molecule has 106 valence electrons. The molecule has 0 bridgehead atoms. The lowest BCUT2D eigenvalue weighted by Gasteiger charge is -2.13. The van der Waals surface area contributed by atoms with Crippen LogP contribution in [0.2, 0.25) is 0 Å². The molecule has 1 unspecified atom stereocenters. The van der Waals surface area contributed by atoms with Gasteiger partial charge in [-0.05, 0) is 36.4 Å². The smallest absolute Gasteiger partial charge is 0.110 e. The highest BCUT2D eigenvalue weighted by Crippen LogP contribution is 2.19. The molecule has 1 aliphatic rings. The van der Waals surface area contributed by atoms with E-state index in [0.717, 1.165) is 22.6 Å². The molecule has 1 atom stereocenters. The summed E-state index contributed by atoms with van der Waals surface area (Å²) in [5.41, 5.74) is 3.75. The van der Waals surface area contributed by atoms with Crippen LogP contribution in [0.3, 0.4) is 0 Å². The van der Waals surface area contributed by atoms with E-state index >= 15 is 0 Å². The van der Waals surface area contributed by atoms with Crippen LogP contribution >= 0.6 is 0 Å². The fraction of sp³-hybridized carbons (Fsp3) is 0.200. The Morgan fingerprint density at radius 2 is 2.24 bits per heavy atom. The summed E-state index contributed by atoms with van der Waals surface area (Å²) in [5, 5.41) is 11.1. The third-order valence-electron chi connectivity index (χ3n) is 3.47. The Hall–Kier alpha value is -2.44. The van der Waals surface area contributed by atoms with Crippen LogP contribution in [0.15, 0.2) is 48.8 Å². The maximum absolute atomic E-state index is 5.28. The van der Waals surface area contributed by atoms with Gasteiger partial charge in [0, 0.05) is 18.1 Å². The van der Waals surface area contributed by atoms with Gasteiger partial charge in [-0.2, -0.15) is 5.10 Å². The van der Waals surface area contributed by atoms with E-state index in [-0.39, 0.29) is 6.17 Å². The first-order chi connectivity index (χ1) is 10.4. The fourth-order valence-electron chi connectivity index (χ4n) is 2.41. The molecule has 1 fully saturated rings. The molecule has 0 aromatic carbocycles. The monoisotopic (exact) mass is 281 g/mol. The zero-order chi connectivity index (χ0) is 14.1. The van der Waals surface area contributed by atoms with Crippen LogP contribution < -0.4 is 10.6 Å². The van der Waals surface area contributed by atoms with Crippen molar-refractivity contribution in [1.29, 1.82) is 0 Å². The third-order valence-corrected chi connectivity index (χ3v) is 3.47. The second kappa shape index (κ2) is 5.16. The van der Waals surface area contributed by atoms with Gasteiger partial charge in [-0.1, -0.05) is 0 Å². The fourth-order valence-corrected chi connectivity index (χ4v) is 2.41. The van der Waals surface area contributed by atoms with Crippen molar-refractivity contribution in [2.45, 2.75) is 6.17 Å². The molecule has 3 aromatic rings. The number of fused-ring (bicyclic) bond motifs is 1. The van der Waals surface area contributed by atoms with Crippen molar-refractivity contribution in [3.63, 3.8) is 0 Å². The summed E-state index contributed by atoms with van der Waals surface area (Å²) in [5.74, 6) is 0. The molecule has 1 aliphatic heterocycles. The van der Waals surface area contributed by atoms with Gasteiger partial charge in [0.25, 0.3) is 0 Å². The van der Waals surface area contributed by atoms with Crippen molar-refractivity contribution >= 4 is 11.2 Å². The van der Waals surface area contributed by atoms with Crippen molar-refractivity contribution in [2.75, 3.05) is 18.7 Å². The number of anilines is 1. The summed E-state index contributed by atoms with van der Waals surface area (Å²) < 4.78 is 7.13. The Balaban J connectivity index is 1.64. The van der Waals surface area contributed by atoms with E-state index in [2.05, 4.69) is 20.7 Å². The Bertz CT molecular complexity index is 763. The first-order valence-electron chi connectivity index (χ1n) is 6.87. The van der Waals surface area contributed by atoms with Crippen molar-refractivity contribution in [2.24, 2.45) is 0 Å². The molecule has 0 aliphatic carbocycles. The second-order valence-corrected chi connectivity index (χ2v) is 4.94. The maximum Gasteiger partial charge on any atom is 0.110 e. The lowest BCUT2D eigenvalue weighted by Crippen LogP contribution is -2.32. The summed E-state index contributed by atoms with van der Waals surface area (Å²) in [6, 6.07) is 12.0. The number of rotatable bonds is 3. The zero-order valence-electron chi connectivity index (χ0n) is 11.4. The molecule has 0 spiro atoms. The van der Waals surface area contributed by atoms with Crippen LogP contribution in [0.25, 0.3) is 16.9 Å². The van der Waals surface area contributed by atoms with Crippen molar-refractivity contribution in [3.8, 4) is 11.4 Å². The average Bonchev–Trinajstić information content (AvgIpc) is 3.17. The first kappa shape index (κ1) is 12.3. The Kier molecular flexibility index (Phi) is 3.02. The normalized spacial score (nSPS) is 18.2. The van der Waals surface area contributed by atoms with Crippen molar-refractivity contribution in [1.82, 2.24) is 19.9 Å².